The smallest absolute Gasteiger partial charge is 0.348 e. The third-order valence-electron chi connectivity index (χ3n) is 4.76. The molecule has 0 atom stereocenters. The lowest BCUT2D eigenvalue weighted by Gasteiger charge is -2.16. The molecule has 0 bridgehead atoms. The first-order valence-electron chi connectivity index (χ1n) is 9.70. The number of likely N-dealkylation sites (tertiary alicyclic amines) is 1. The van der Waals surface area contributed by atoms with Gasteiger partial charge in [-0.3, -0.25) is 4.79 Å². The number of carbonyl (C=O) groups is 2. The van der Waals surface area contributed by atoms with Gasteiger partial charge >= 0.3 is 12.2 Å². The molecule has 1 saturated heterocycles. The van der Waals surface area contributed by atoms with Crippen LogP contribution in [0, 0.1) is 0 Å². The van der Waals surface area contributed by atoms with Crippen LogP contribution in [0.25, 0.3) is 6.08 Å². The number of nitrogens with one attached hydrogen (secondary N) is 2. The van der Waals surface area contributed by atoms with Gasteiger partial charge < -0.3 is 15.5 Å². The molecule has 0 radical (unpaired) electrons. The highest BCUT2D eigenvalue weighted by Gasteiger charge is 2.33. The lowest BCUT2D eigenvalue weighted by atomic mass is 10.1. The second-order valence-electron chi connectivity index (χ2n) is 7.11. The topological polar surface area (TPSA) is 61.4 Å². The molecule has 0 spiro atoms. The van der Waals surface area contributed by atoms with Gasteiger partial charge in [0.15, 0.2) is 0 Å². The summed E-state index contributed by atoms with van der Waals surface area (Å²) in [7, 11) is 0. The molecule has 3 rings (SSSR count). The van der Waals surface area contributed by atoms with E-state index in [9.17, 15) is 22.8 Å². The number of rotatable bonds is 5. The van der Waals surface area contributed by atoms with E-state index < -0.39 is 22.7 Å². The highest BCUT2D eigenvalue weighted by Crippen LogP contribution is 2.35. The summed E-state index contributed by atoms with van der Waals surface area (Å²) < 4.78 is 38.8. The number of nitrogens with zero attached hydrogens (tertiary/aromatic N) is 1. The molecular weight excluding hydrogens is 431 g/mol. The number of urea groups is 1. The van der Waals surface area contributed by atoms with E-state index in [0.717, 1.165) is 49.7 Å². The summed E-state index contributed by atoms with van der Waals surface area (Å²) in [5, 5.41) is 5.10. The zero-order valence-corrected chi connectivity index (χ0v) is 17.3. The van der Waals surface area contributed by atoms with Crippen molar-refractivity contribution in [2.75, 3.05) is 18.4 Å². The minimum absolute atomic E-state index is 0.150. The summed E-state index contributed by atoms with van der Waals surface area (Å²) >= 11 is 5.59. The number of amides is 3. The number of hydrogen-bond donors (Lipinski definition) is 2. The lowest BCUT2D eigenvalue weighted by Crippen LogP contribution is -2.32. The highest BCUT2D eigenvalue weighted by molar-refractivity contribution is 6.31. The molecule has 0 aliphatic carbocycles. The van der Waals surface area contributed by atoms with Crippen LogP contribution in [-0.4, -0.2) is 29.9 Å². The van der Waals surface area contributed by atoms with Gasteiger partial charge in [0, 0.05) is 31.4 Å². The van der Waals surface area contributed by atoms with Crippen molar-refractivity contribution < 1.29 is 22.8 Å². The van der Waals surface area contributed by atoms with Gasteiger partial charge in [-0.2, -0.15) is 13.2 Å². The van der Waals surface area contributed by atoms with Crippen molar-refractivity contribution in [3.8, 4) is 0 Å². The van der Waals surface area contributed by atoms with Crippen molar-refractivity contribution >= 4 is 35.3 Å². The van der Waals surface area contributed by atoms with Crippen LogP contribution in [0.1, 0.15) is 29.5 Å². The monoisotopic (exact) mass is 451 g/mol. The summed E-state index contributed by atoms with van der Waals surface area (Å²) in [6, 6.07) is 10.4. The first-order valence-corrected chi connectivity index (χ1v) is 10.1. The molecule has 164 valence electrons. The predicted octanol–water partition coefficient (Wildman–Crippen LogP) is 5.32. The van der Waals surface area contributed by atoms with Crippen molar-refractivity contribution in [2.24, 2.45) is 0 Å². The van der Waals surface area contributed by atoms with Gasteiger partial charge in [-0.05, 0) is 54.3 Å². The Morgan fingerprint density at radius 1 is 1.10 bits per heavy atom. The van der Waals surface area contributed by atoms with Crippen LogP contribution in [0.5, 0.6) is 0 Å². The molecule has 0 aromatic heterocycles. The summed E-state index contributed by atoms with van der Waals surface area (Å²) in [6.45, 7) is 1.68. The molecule has 5 nitrogen and oxygen atoms in total. The van der Waals surface area contributed by atoms with E-state index in [1.54, 1.807) is 29.2 Å². The Hall–Kier alpha value is -3.00. The number of anilines is 1. The Morgan fingerprint density at radius 2 is 1.84 bits per heavy atom. The SMILES string of the molecule is O=C(/C=C/c1ccc(Cl)c(C(F)(F)F)c1)NCc1cccc(NC(=O)N2CCCC2)c1. The zero-order valence-electron chi connectivity index (χ0n) is 16.5. The van der Waals surface area contributed by atoms with E-state index in [1.807, 2.05) is 0 Å². The van der Waals surface area contributed by atoms with Crippen molar-refractivity contribution in [3.05, 3.63) is 70.3 Å². The average molecular weight is 452 g/mol. The fraction of sp³-hybridized carbons (Fsp3) is 0.273. The molecule has 3 amide bonds. The molecule has 2 aromatic carbocycles. The number of carbonyl (C=O) groups excluding carboxylic acids is 2. The van der Waals surface area contributed by atoms with E-state index in [0.29, 0.717) is 5.69 Å². The summed E-state index contributed by atoms with van der Waals surface area (Å²) in [5.74, 6) is -0.463. The van der Waals surface area contributed by atoms with E-state index in [1.165, 1.54) is 12.1 Å². The van der Waals surface area contributed by atoms with Gasteiger partial charge in [-0.25, -0.2) is 4.79 Å². The Balaban J connectivity index is 1.55. The van der Waals surface area contributed by atoms with Crippen LogP contribution >= 0.6 is 11.6 Å². The minimum atomic E-state index is -4.57. The van der Waals surface area contributed by atoms with Gasteiger partial charge in [-0.1, -0.05) is 29.8 Å². The molecule has 1 fully saturated rings. The zero-order chi connectivity index (χ0) is 22.4. The molecule has 9 heteroatoms. The van der Waals surface area contributed by atoms with Crippen molar-refractivity contribution in [2.45, 2.75) is 25.6 Å². The Labute approximate surface area is 182 Å². The molecule has 31 heavy (non-hydrogen) atoms. The molecule has 1 aliphatic rings. The summed E-state index contributed by atoms with van der Waals surface area (Å²) in [6.07, 6.45) is -0.129. The van der Waals surface area contributed by atoms with Gasteiger partial charge in [0.2, 0.25) is 5.91 Å². The maximum absolute atomic E-state index is 12.9. The minimum Gasteiger partial charge on any atom is -0.348 e. The second-order valence-corrected chi connectivity index (χ2v) is 7.52. The molecule has 1 aliphatic heterocycles. The van der Waals surface area contributed by atoms with Crippen molar-refractivity contribution in [1.29, 1.82) is 0 Å². The summed E-state index contributed by atoms with van der Waals surface area (Å²) in [4.78, 5) is 26.0. The van der Waals surface area contributed by atoms with Crippen LogP contribution in [0.4, 0.5) is 23.7 Å². The first kappa shape index (κ1) is 22.7. The number of benzene rings is 2. The van der Waals surface area contributed by atoms with E-state index in [4.69, 9.17) is 11.6 Å². The third-order valence-corrected chi connectivity index (χ3v) is 5.09. The van der Waals surface area contributed by atoms with E-state index >= 15 is 0 Å². The van der Waals surface area contributed by atoms with E-state index in [-0.39, 0.29) is 18.1 Å². The number of alkyl halides is 3. The molecule has 0 saturated carbocycles. The van der Waals surface area contributed by atoms with Crippen LogP contribution in [0.3, 0.4) is 0 Å². The van der Waals surface area contributed by atoms with Gasteiger partial charge in [0.1, 0.15) is 0 Å². The van der Waals surface area contributed by atoms with Crippen LogP contribution in [0.2, 0.25) is 5.02 Å². The largest absolute Gasteiger partial charge is 0.417 e. The second kappa shape index (κ2) is 9.87. The highest BCUT2D eigenvalue weighted by atomic mass is 35.5. The van der Waals surface area contributed by atoms with E-state index in [2.05, 4.69) is 10.6 Å². The fourth-order valence-electron chi connectivity index (χ4n) is 3.17. The van der Waals surface area contributed by atoms with Crippen LogP contribution < -0.4 is 10.6 Å². The van der Waals surface area contributed by atoms with Gasteiger partial charge in [0.05, 0.1) is 10.6 Å². The molecule has 2 N–H and O–H groups in total. The first-order chi connectivity index (χ1) is 14.7. The third kappa shape index (κ3) is 6.49. The molecule has 2 aromatic rings. The molecule has 0 unspecified atom stereocenters. The summed E-state index contributed by atoms with van der Waals surface area (Å²) in [5.41, 5.74) is 0.648. The Bertz CT molecular complexity index is 986. The lowest BCUT2D eigenvalue weighted by molar-refractivity contribution is -0.137. The Morgan fingerprint density at radius 3 is 2.55 bits per heavy atom. The quantitative estimate of drug-likeness (QED) is 0.605. The van der Waals surface area contributed by atoms with Crippen LogP contribution in [0.15, 0.2) is 48.5 Å². The average Bonchev–Trinajstić information content (AvgIpc) is 3.26. The van der Waals surface area contributed by atoms with Gasteiger partial charge in [-0.15, -0.1) is 0 Å². The predicted molar refractivity (Wildman–Crippen MR) is 114 cm³/mol. The van der Waals surface area contributed by atoms with Crippen molar-refractivity contribution in [1.82, 2.24) is 10.2 Å². The maximum Gasteiger partial charge on any atom is 0.417 e. The Kier molecular flexibility index (Phi) is 7.22. The van der Waals surface area contributed by atoms with Gasteiger partial charge in [0.25, 0.3) is 0 Å². The van der Waals surface area contributed by atoms with Crippen molar-refractivity contribution in [3.63, 3.8) is 0 Å². The van der Waals surface area contributed by atoms with Crippen LogP contribution in [-0.2, 0) is 17.5 Å². The number of hydrogen-bond acceptors (Lipinski definition) is 2. The number of halogens is 4. The standard InChI is InChI=1S/C22H21ClF3N3O2/c23-19-8-6-15(13-18(19)22(24,25)26)7-9-20(30)27-14-16-4-3-5-17(12-16)28-21(31)29-10-1-2-11-29/h3-9,12-13H,1-2,10-11,14H2,(H,27,30)(H,28,31)/b9-7+. The normalized spacial score (nSPS) is 14.1. The fourth-order valence-corrected chi connectivity index (χ4v) is 3.39. The molecule has 1 heterocycles. The molecular formula is C22H21ClF3N3O2. The maximum atomic E-state index is 12.9.